The lowest BCUT2D eigenvalue weighted by Gasteiger charge is -2.17. The van der Waals surface area contributed by atoms with Crippen LogP contribution in [-0.2, 0) is 0 Å². The highest BCUT2D eigenvalue weighted by atomic mass is 79.9. The molecule has 1 heterocycles. The van der Waals surface area contributed by atoms with Gasteiger partial charge in [0, 0.05) is 13.1 Å². The zero-order chi connectivity index (χ0) is 13.1. The summed E-state index contributed by atoms with van der Waals surface area (Å²) < 4.78 is 37.0. The van der Waals surface area contributed by atoms with Crippen LogP contribution in [-0.4, -0.2) is 29.2 Å². The lowest BCUT2D eigenvalue weighted by atomic mass is 10.2. The highest BCUT2D eigenvalue weighted by Gasteiger charge is 2.30. The third-order valence-electron chi connectivity index (χ3n) is 1.95. The molecule has 0 amide bonds. The molecule has 1 aromatic rings. The molecule has 0 saturated carbocycles. The van der Waals surface area contributed by atoms with Crippen molar-refractivity contribution in [3.63, 3.8) is 0 Å². The molecule has 1 rings (SSSR count). The van der Waals surface area contributed by atoms with E-state index < -0.39 is 18.6 Å². The highest BCUT2D eigenvalue weighted by Crippen LogP contribution is 2.28. The molecule has 4 nitrogen and oxygen atoms in total. The van der Waals surface area contributed by atoms with Crippen LogP contribution in [0.5, 0.6) is 0 Å². The number of hydrogen-bond acceptors (Lipinski definition) is 4. The molecule has 0 aliphatic rings. The van der Waals surface area contributed by atoms with Crippen LogP contribution in [0.2, 0.25) is 0 Å². The molecule has 2 N–H and O–H groups in total. The van der Waals surface area contributed by atoms with E-state index in [0.29, 0.717) is 16.1 Å². The normalized spacial score (nSPS) is 13.3. The average molecular weight is 313 g/mol. The second-order valence-corrected chi connectivity index (χ2v) is 4.29. The van der Waals surface area contributed by atoms with Gasteiger partial charge in [-0.1, -0.05) is 0 Å². The van der Waals surface area contributed by atoms with Gasteiger partial charge in [0.2, 0.25) is 0 Å². The molecule has 0 spiro atoms. The van der Waals surface area contributed by atoms with Crippen molar-refractivity contribution in [1.82, 2.24) is 9.97 Å². The second-order valence-electron chi connectivity index (χ2n) is 3.50. The molecule has 0 aliphatic carbocycles. The standard InChI is InChI=1S/C9H12BrF3N4/c1-5(3-9(11,12)13)17-8-6(10)7(14-2)15-4-16-8/h4-5H,3H2,1-2H3,(H2,14,15,16,17). The maximum absolute atomic E-state index is 12.2. The van der Waals surface area contributed by atoms with Gasteiger partial charge in [-0.05, 0) is 22.9 Å². The van der Waals surface area contributed by atoms with Crippen LogP contribution in [0.25, 0.3) is 0 Å². The van der Waals surface area contributed by atoms with E-state index in [4.69, 9.17) is 0 Å². The van der Waals surface area contributed by atoms with Gasteiger partial charge in [-0.25, -0.2) is 9.97 Å². The first kappa shape index (κ1) is 14.0. The van der Waals surface area contributed by atoms with E-state index in [1.807, 2.05) is 0 Å². The Morgan fingerprint density at radius 1 is 1.35 bits per heavy atom. The molecule has 0 bridgehead atoms. The van der Waals surface area contributed by atoms with Crippen molar-refractivity contribution in [2.24, 2.45) is 0 Å². The van der Waals surface area contributed by atoms with Crippen molar-refractivity contribution in [1.29, 1.82) is 0 Å². The van der Waals surface area contributed by atoms with Crippen molar-refractivity contribution in [2.45, 2.75) is 25.6 Å². The first-order valence-electron chi connectivity index (χ1n) is 4.85. The van der Waals surface area contributed by atoms with Gasteiger partial charge in [0.1, 0.15) is 22.4 Å². The number of nitrogens with zero attached hydrogens (tertiary/aromatic N) is 2. The minimum Gasteiger partial charge on any atom is -0.372 e. The first-order chi connectivity index (χ1) is 7.83. The molecule has 0 aliphatic heterocycles. The summed E-state index contributed by atoms with van der Waals surface area (Å²) in [5.41, 5.74) is 0. The fraction of sp³-hybridized carbons (Fsp3) is 0.556. The summed E-state index contributed by atoms with van der Waals surface area (Å²) in [5.74, 6) is 0.850. The Hall–Kier alpha value is -1.05. The molecule has 0 radical (unpaired) electrons. The Kier molecular flexibility index (Phi) is 4.55. The average Bonchev–Trinajstić information content (AvgIpc) is 2.18. The molecule has 0 saturated heterocycles. The number of aromatic nitrogens is 2. The molecular formula is C9H12BrF3N4. The van der Waals surface area contributed by atoms with E-state index in [1.54, 1.807) is 7.05 Å². The highest BCUT2D eigenvalue weighted by molar-refractivity contribution is 9.10. The van der Waals surface area contributed by atoms with E-state index in [2.05, 4.69) is 36.5 Å². The van der Waals surface area contributed by atoms with E-state index >= 15 is 0 Å². The maximum atomic E-state index is 12.2. The van der Waals surface area contributed by atoms with Gasteiger partial charge in [-0.15, -0.1) is 0 Å². The van der Waals surface area contributed by atoms with E-state index in [9.17, 15) is 13.2 Å². The van der Waals surface area contributed by atoms with Gasteiger partial charge in [-0.2, -0.15) is 13.2 Å². The summed E-state index contributed by atoms with van der Waals surface area (Å²) in [4.78, 5) is 7.79. The number of nitrogens with one attached hydrogen (secondary N) is 2. The van der Waals surface area contributed by atoms with E-state index in [0.717, 1.165) is 0 Å². The molecule has 1 aromatic heterocycles. The summed E-state index contributed by atoms with van der Waals surface area (Å²) in [5, 5.41) is 5.48. The lowest BCUT2D eigenvalue weighted by molar-refractivity contribution is -0.136. The van der Waals surface area contributed by atoms with Gasteiger partial charge in [0.25, 0.3) is 0 Å². The Morgan fingerprint density at radius 2 is 1.94 bits per heavy atom. The van der Waals surface area contributed by atoms with Gasteiger partial charge in [-0.3, -0.25) is 0 Å². The monoisotopic (exact) mass is 312 g/mol. The molecule has 0 fully saturated rings. The van der Waals surface area contributed by atoms with Gasteiger partial charge in [0.15, 0.2) is 0 Å². The Morgan fingerprint density at radius 3 is 2.47 bits per heavy atom. The van der Waals surface area contributed by atoms with Crippen molar-refractivity contribution in [2.75, 3.05) is 17.7 Å². The number of halogens is 4. The van der Waals surface area contributed by atoms with Crippen LogP contribution in [0, 0.1) is 0 Å². The number of alkyl halides is 3. The number of anilines is 2. The molecule has 17 heavy (non-hydrogen) atoms. The molecule has 0 aromatic carbocycles. The fourth-order valence-electron chi connectivity index (χ4n) is 1.28. The van der Waals surface area contributed by atoms with Crippen molar-refractivity contribution >= 4 is 27.6 Å². The Bertz CT molecular complexity index is 383. The van der Waals surface area contributed by atoms with Gasteiger partial charge in [0.05, 0.1) is 6.42 Å². The summed E-state index contributed by atoms with van der Waals surface area (Å²) >= 11 is 3.22. The number of rotatable bonds is 4. The SMILES string of the molecule is CNc1ncnc(NC(C)CC(F)(F)F)c1Br. The van der Waals surface area contributed by atoms with Crippen LogP contribution >= 0.6 is 15.9 Å². The minimum atomic E-state index is -4.20. The van der Waals surface area contributed by atoms with Crippen LogP contribution in [0.1, 0.15) is 13.3 Å². The molecule has 1 atom stereocenters. The van der Waals surface area contributed by atoms with Crippen LogP contribution in [0.4, 0.5) is 24.8 Å². The lowest BCUT2D eigenvalue weighted by Crippen LogP contribution is -2.24. The summed E-state index contributed by atoms with van der Waals surface area (Å²) in [6.07, 6.45) is -3.84. The fourth-order valence-corrected chi connectivity index (χ4v) is 1.79. The van der Waals surface area contributed by atoms with Gasteiger partial charge >= 0.3 is 6.18 Å². The van der Waals surface area contributed by atoms with Crippen LogP contribution < -0.4 is 10.6 Å². The zero-order valence-corrected chi connectivity index (χ0v) is 10.9. The minimum absolute atomic E-state index is 0.334. The zero-order valence-electron chi connectivity index (χ0n) is 9.27. The summed E-state index contributed by atoms with van der Waals surface area (Å²) in [6.45, 7) is 1.45. The Labute approximate surface area is 105 Å². The molecule has 1 unspecified atom stereocenters. The third kappa shape index (κ3) is 4.37. The predicted molar refractivity (Wildman–Crippen MR) is 63.0 cm³/mol. The molecular weight excluding hydrogens is 301 g/mol. The van der Waals surface area contributed by atoms with Crippen LogP contribution in [0.3, 0.4) is 0 Å². The van der Waals surface area contributed by atoms with Crippen molar-refractivity contribution < 1.29 is 13.2 Å². The number of hydrogen-bond donors (Lipinski definition) is 2. The quantitative estimate of drug-likeness (QED) is 0.897. The van der Waals surface area contributed by atoms with Crippen molar-refractivity contribution in [3.8, 4) is 0 Å². The van der Waals surface area contributed by atoms with Crippen LogP contribution in [0.15, 0.2) is 10.8 Å². The van der Waals surface area contributed by atoms with Gasteiger partial charge < -0.3 is 10.6 Å². The molecule has 96 valence electrons. The predicted octanol–water partition coefficient (Wildman–Crippen LogP) is 3.03. The van der Waals surface area contributed by atoms with E-state index in [-0.39, 0.29) is 0 Å². The van der Waals surface area contributed by atoms with Crippen molar-refractivity contribution in [3.05, 3.63) is 10.8 Å². The van der Waals surface area contributed by atoms with E-state index in [1.165, 1.54) is 13.3 Å². The largest absolute Gasteiger partial charge is 0.391 e. The first-order valence-corrected chi connectivity index (χ1v) is 5.64. The summed E-state index contributed by atoms with van der Waals surface area (Å²) in [7, 11) is 1.66. The molecule has 8 heteroatoms. The Balaban J connectivity index is 2.75. The smallest absolute Gasteiger partial charge is 0.372 e. The third-order valence-corrected chi connectivity index (χ3v) is 2.70. The second kappa shape index (κ2) is 5.52. The summed E-state index contributed by atoms with van der Waals surface area (Å²) in [6, 6.07) is -0.758. The maximum Gasteiger partial charge on any atom is 0.391 e. The topological polar surface area (TPSA) is 49.8 Å².